The third-order valence-corrected chi connectivity index (χ3v) is 5.56. The average Bonchev–Trinajstić information content (AvgIpc) is 2.71. The Balaban J connectivity index is 2.01. The van der Waals surface area contributed by atoms with Crippen LogP contribution in [0.2, 0.25) is 0 Å². The van der Waals surface area contributed by atoms with E-state index in [2.05, 4.69) is 5.32 Å². The van der Waals surface area contributed by atoms with E-state index in [1.807, 2.05) is 19.9 Å². The van der Waals surface area contributed by atoms with Crippen LogP contribution in [0.3, 0.4) is 0 Å². The number of hydrogen-bond donors (Lipinski definition) is 2. The highest BCUT2D eigenvalue weighted by atomic mass is 19.1. The van der Waals surface area contributed by atoms with Gasteiger partial charge >= 0.3 is 5.97 Å². The van der Waals surface area contributed by atoms with Crippen molar-refractivity contribution < 1.29 is 28.6 Å². The molecule has 0 aliphatic carbocycles. The molecule has 32 heavy (non-hydrogen) atoms. The molecule has 1 aliphatic heterocycles. The SMILES string of the molecule is CCCOc1ccc(CC(=O)O)cc1[C@H]1C[C@](C)(NC(C)=O)C[C@@H](c2ccc(F)cc2)O1. The van der Waals surface area contributed by atoms with Crippen molar-refractivity contribution in [2.24, 2.45) is 0 Å². The van der Waals surface area contributed by atoms with E-state index >= 15 is 0 Å². The summed E-state index contributed by atoms with van der Waals surface area (Å²) in [6, 6.07) is 11.5. The van der Waals surface area contributed by atoms with Crippen LogP contribution >= 0.6 is 0 Å². The number of carbonyl (C=O) groups excluding carboxylic acids is 1. The van der Waals surface area contributed by atoms with Gasteiger partial charge in [-0.15, -0.1) is 0 Å². The van der Waals surface area contributed by atoms with Crippen molar-refractivity contribution in [2.45, 2.75) is 64.2 Å². The maximum atomic E-state index is 13.5. The van der Waals surface area contributed by atoms with Crippen molar-refractivity contribution in [1.29, 1.82) is 0 Å². The number of amides is 1. The topological polar surface area (TPSA) is 84.9 Å². The molecule has 1 saturated heterocycles. The zero-order valence-electron chi connectivity index (χ0n) is 18.7. The second-order valence-electron chi connectivity index (χ2n) is 8.61. The standard InChI is InChI=1S/C25H30FNO5/c1-4-11-31-21-10-5-17(13-24(29)30)12-20(21)23-15-25(3,27-16(2)28)14-22(32-23)18-6-8-19(26)9-7-18/h5-10,12,22-23H,4,11,13-15H2,1-3H3,(H,27,28)(H,29,30)/t22-,23+,25+/m0/s1. The molecular weight excluding hydrogens is 413 g/mol. The smallest absolute Gasteiger partial charge is 0.307 e. The molecule has 1 aliphatic rings. The highest BCUT2D eigenvalue weighted by molar-refractivity contribution is 5.73. The molecule has 0 spiro atoms. The van der Waals surface area contributed by atoms with Crippen molar-refractivity contribution in [3.63, 3.8) is 0 Å². The lowest BCUT2D eigenvalue weighted by Gasteiger charge is -2.43. The van der Waals surface area contributed by atoms with E-state index in [1.54, 1.807) is 24.3 Å². The first kappa shape index (κ1) is 23.7. The molecule has 6 nitrogen and oxygen atoms in total. The van der Waals surface area contributed by atoms with E-state index < -0.39 is 17.6 Å². The minimum atomic E-state index is -0.921. The van der Waals surface area contributed by atoms with E-state index in [0.717, 1.165) is 17.5 Å². The fraction of sp³-hybridized carbons (Fsp3) is 0.440. The lowest BCUT2D eigenvalue weighted by Crippen LogP contribution is -2.50. The second kappa shape index (κ2) is 10.1. The summed E-state index contributed by atoms with van der Waals surface area (Å²) in [5.41, 5.74) is 1.63. The largest absolute Gasteiger partial charge is 0.493 e. The molecule has 0 saturated carbocycles. The Morgan fingerprint density at radius 2 is 1.88 bits per heavy atom. The normalized spacial score (nSPS) is 22.9. The molecule has 0 unspecified atom stereocenters. The van der Waals surface area contributed by atoms with Crippen molar-refractivity contribution in [2.75, 3.05) is 6.61 Å². The molecule has 172 valence electrons. The van der Waals surface area contributed by atoms with E-state index in [1.165, 1.54) is 19.1 Å². The van der Waals surface area contributed by atoms with Crippen LogP contribution in [0.5, 0.6) is 5.75 Å². The molecule has 3 atom stereocenters. The minimum Gasteiger partial charge on any atom is -0.493 e. The Morgan fingerprint density at radius 1 is 1.19 bits per heavy atom. The molecule has 7 heteroatoms. The Morgan fingerprint density at radius 3 is 2.50 bits per heavy atom. The maximum absolute atomic E-state index is 13.5. The molecule has 2 aromatic rings. The predicted molar refractivity (Wildman–Crippen MR) is 118 cm³/mol. The lowest BCUT2D eigenvalue weighted by atomic mass is 9.81. The molecular formula is C25H30FNO5. The summed E-state index contributed by atoms with van der Waals surface area (Å²) >= 11 is 0. The fourth-order valence-corrected chi connectivity index (χ4v) is 4.26. The van der Waals surface area contributed by atoms with Crippen LogP contribution < -0.4 is 10.1 Å². The number of rotatable bonds is 8. The highest BCUT2D eigenvalue weighted by Crippen LogP contribution is 2.46. The third kappa shape index (κ3) is 6.07. The highest BCUT2D eigenvalue weighted by Gasteiger charge is 2.40. The van der Waals surface area contributed by atoms with Crippen LogP contribution in [0, 0.1) is 5.82 Å². The van der Waals surface area contributed by atoms with Crippen LogP contribution in [-0.4, -0.2) is 29.1 Å². The Bertz CT molecular complexity index is 961. The van der Waals surface area contributed by atoms with Crippen molar-refractivity contribution >= 4 is 11.9 Å². The van der Waals surface area contributed by atoms with Gasteiger partial charge < -0.3 is 19.9 Å². The predicted octanol–water partition coefficient (Wildman–Crippen LogP) is 4.73. The van der Waals surface area contributed by atoms with E-state index in [9.17, 15) is 19.1 Å². The van der Waals surface area contributed by atoms with Crippen molar-refractivity contribution in [3.05, 3.63) is 65.0 Å². The second-order valence-corrected chi connectivity index (χ2v) is 8.61. The first-order valence-corrected chi connectivity index (χ1v) is 10.9. The van der Waals surface area contributed by atoms with Gasteiger partial charge in [-0.2, -0.15) is 0 Å². The summed E-state index contributed by atoms with van der Waals surface area (Å²) in [6.45, 7) is 5.97. The summed E-state index contributed by atoms with van der Waals surface area (Å²) < 4.78 is 25.9. The summed E-state index contributed by atoms with van der Waals surface area (Å²) in [6.07, 6.45) is 0.893. The average molecular weight is 444 g/mol. The van der Waals surface area contributed by atoms with Gasteiger partial charge in [-0.05, 0) is 48.7 Å². The minimum absolute atomic E-state index is 0.113. The summed E-state index contributed by atoms with van der Waals surface area (Å²) in [5, 5.41) is 12.3. The van der Waals surface area contributed by atoms with Crippen LogP contribution in [-0.2, 0) is 20.7 Å². The number of benzene rings is 2. The van der Waals surface area contributed by atoms with Crippen molar-refractivity contribution in [3.8, 4) is 5.75 Å². The third-order valence-electron chi connectivity index (χ3n) is 5.56. The molecule has 0 aromatic heterocycles. The van der Waals surface area contributed by atoms with Crippen LogP contribution in [0.4, 0.5) is 4.39 Å². The van der Waals surface area contributed by atoms with E-state index in [-0.39, 0.29) is 24.2 Å². The van der Waals surface area contributed by atoms with Gasteiger partial charge in [0, 0.05) is 30.9 Å². The number of aliphatic carboxylic acids is 1. The van der Waals surface area contributed by atoms with Gasteiger partial charge in [0.15, 0.2) is 0 Å². The maximum Gasteiger partial charge on any atom is 0.307 e. The van der Waals surface area contributed by atoms with Gasteiger partial charge in [0.1, 0.15) is 11.6 Å². The Hall–Kier alpha value is -2.93. The van der Waals surface area contributed by atoms with Crippen LogP contribution in [0.25, 0.3) is 0 Å². The monoisotopic (exact) mass is 443 g/mol. The fourth-order valence-electron chi connectivity index (χ4n) is 4.26. The number of halogens is 1. The molecule has 3 rings (SSSR count). The van der Waals surface area contributed by atoms with E-state index in [0.29, 0.717) is 30.8 Å². The first-order chi connectivity index (χ1) is 15.2. The summed E-state index contributed by atoms with van der Waals surface area (Å²) in [7, 11) is 0. The molecule has 1 amide bonds. The number of carbonyl (C=O) groups is 2. The first-order valence-electron chi connectivity index (χ1n) is 10.9. The van der Waals surface area contributed by atoms with Gasteiger partial charge in [-0.1, -0.05) is 25.1 Å². The van der Waals surface area contributed by atoms with E-state index in [4.69, 9.17) is 9.47 Å². The number of carboxylic acid groups (broad SMARTS) is 1. The molecule has 1 fully saturated rings. The number of hydrogen-bond acceptors (Lipinski definition) is 4. The molecule has 1 heterocycles. The Labute approximate surface area is 187 Å². The number of ether oxygens (including phenoxy) is 2. The lowest BCUT2D eigenvalue weighted by molar-refractivity contribution is -0.136. The van der Waals surface area contributed by atoms with Gasteiger partial charge in [0.05, 0.1) is 25.2 Å². The van der Waals surface area contributed by atoms with Gasteiger partial charge in [0.2, 0.25) is 5.91 Å². The van der Waals surface area contributed by atoms with Gasteiger partial charge in [0.25, 0.3) is 0 Å². The zero-order valence-corrected chi connectivity index (χ0v) is 18.7. The summed E-state index contributed by atoms with van der Waals surface area (Å²) in [5.74, 6) is -0.763. The zero-order chi connectivity index (χ0) is 23.3. The molecule has 0 bridgehead atoms. The van der Waals surface area contributed by atoms with Crippen molar-refractivity contribution in [1.82, 2.24) is 5.32 Å². The molecule has 2 aromatic carbocycles. The van der Waals surface area contributed by atoms with Crippen LogP contribution in [0.15, 0.2) is 42.5 Å². The summed E-state index contributed by atoms with van der Waals surface area (Å²) in [4.78, 5) is 23.2. The van der Waals surface area contributed by atoms with Crippen LogP contribution in [0.1, 0.15) is 68.9 Å². The number of carboxylic acids is 1. The molecule has 2 N–H and O–H groups in total. The Kier molecular flexibility index (Phi) is 7.51. The number of nitrogens with one attached hydrogen (secondary N) is 1. The quantitative estimate of drug-likeness (QED) is 0.616. The van der Waals surface area contributed by atoms with Gasteiger partial charge in [-0.3, -0.25) is 9.59 Å². The molecule has 0 radical (unpaired) electrons. The van der Waals surface area contributed by atoms with Gasteiger partial charge in [-0.25, -0.2) is 4.39 Å².